The Hall–Kier alpha value is -2.05. The maximum atomic E-state index is 6.26. The second kappa shape index (κ2) is 6.84. The molecule has 0 unspecified atom stereocenters. The van der Waals surface area contributed by atoms with Gasteiger partial charge in [-0.2, -0.15) is 10.2 Å². The van der Waals surface area contributed by atoms with E-state index in [-0.39, 0.29) is 5.41 Å². The third kappa shape index (κ3) is 3.21. The van der Waals surface area contributed by atoms with E-state index in [0.717, 1.165) is 30.9 Å². The molecule has 2 aromatic rings. The van der Waals surface area contributed by atoms with Crippen LogP contribution in [0.1, 0.15) is 11.1 Å². The molecular formula is C21H25ClN5+3. The zero-order chi connectivity index (χ0) is 18.3. The minimum Gasteiger partial charge on any atom is -0.241 e. The maximum Gasteiger partial charge on any atom is 0.213 e. The molecule has 0 radical (unpaired) electrons. The first-order valence-corrected chi connectivity index (χ1v) is 10.0. The number of rotatable bonds is 4. The van der Waals surface area contributed by atoms with Crippen molar-refractivity contribution in [1.82, 2.24) is 0 Å². The van der Waals surface area contributed by atoms with E-state index in [1.165, 1.54) is 25.6 Å². The number of hydrogen-bond donors (Lipinski definition) is 3. The smallest absolute Gasteiger partial charge is 0.213 e. The van der Waals surface area contributed by atoms with Gasteiger partial charge in [0.1, 0.15) is 19.6 Å². The minimum absolute atomic E-state index is 0.105. The average Bonchev–Trinajstić information content (AvgIpc) is 2.66. The van der Waals surface area contributed by atoms with Crippen LogP contribution in [0.15, 0.2) is 64.8 Å². The average molecular weight is 383 g/mol. The number of nitrogens with zero attached hydrogens (tertiary/aromatic N) is 2. The number of nitrogens with one attached hydrogen (secondary N) is 3. The van der Waals surface area contributed by atoms with Crippen LogP contribution >= 0.6 is 11.6 Å². The van der Waals surface area contributed by atoms with Crippen LogP contribution < -0.4 is 14.7 Å². The van der Waals surface area contributed by atoms with Crippen LogP contribution in [0.25, 0.3) is 0 Å². The topological polar surface area (TPSA) is 38.0 Å². The van der Waals surface area contributed by atoms with E-state index in [9.17, 15) is 0 Å². The minimum atomic E-state index is 0.105. The fourth-order valence-corrected chi connectivity index (χ4v) is 5.48. The summed E-state index contributed by atoms with van der Waals surface area (Å²) in [6, 6.07) is 18.3. The van der Waals surface area contributed by atoms with Gasteiger partial charge < -0.3 is 0 Å². The van der Waals surface area contributed by atoms with Crippen LogP contribution in [-0.2, 0) is 0 Å². The van der Waals surface area contributed by atoms with E-state index in [4.69, 9.17) is 16.7 Å². The van der Waals surface area contributed by atoms with Crippen molar-refractivity contribution in [3.63, 3.8) is 0 Å². The Morgan fingerprint density at radius 3 is 2.07 bits per heavy atom. The van der Waals surface area contributed by atoms with E-state index in [2.05, 4.69) is 35.4 Å². The molecule has 6 heteroatoms. The molecule has 27 heavy (non-hydrogen) atoms. The zero-order valence-electron chi connectivity index (χ0n) is 15.3. The third-order valence-electron chi connectivity index (χ3n) is 6.07. The largest absolute Gasteiger partial charge is 0.241 e. The van der Waals surface area contributed by atoms with Gasteiger partial charge in [-0.05, 0) is 11.6 Å². The summed E-state index contributed by atoms with van der Waals surface area (Å²) in [7, 11) is 0. The standard InChI is InChI=1S/C21H22ClN5/c22-19-9-5-4-8-18(19)10-23-24-20(17-6-2-1-3-7-17)21-11-25-14-26(12-21)16-27(13-21)15-25/h1-10H,11-16H2/p+3/b23-10-,24-20-. The first kappa shape index (κ1) is 17.1. The Bertz CT molecular complexity index is 857. The van der Waals surface area contributed by atoms with E-state index in [1.54, 1.807) is 20.9 Å². The second-order valence-electron chi connectivity index (χ2n) is 8.17. The Morgan fingerprint density at radius 1 is 0.852 bits per heavy atom. The predicted octanol–water partition coefficient (Wildman–Crippen LogP) is -1.28. The molecule has 2 aromatic carbocycles. The predicted molar refractivity (Wildman–Crippen MR) is 107 cm³/mol. The van der Waals surface area contributed by atoms with Crippen molar-refractivity contribution in [1.29, 1.82) is 0 Å². The van der Waals surface area contributed by atoms with Crippen molar-refractivity contribution >= 4 is 23.5 Å². The lowest BCUT2D eigenvalue weighted by atomic mass is 9.74. The molecule has 6 rings (SSSR count). The van der Waals surface area contributed by atoms with Crippen molar-refractivity contribution in [2.75, 3.05) is 39.6 Å². The van der Waals surface area contributed by atoms with E-state index in [0.29, 0.717) is 5.02 Å². The van der Waals surface area contributed by atoms with Gasteiger partial charge in [0, 0.05) is 10.6 Å². The third-order valence-corrected chi connectivity index (χ3v) is 6.42. The molecule has 4 heterocycles. The number of quaternary nitrogens is 3. The highest BCUT2D eigenvalue weighted by Gasteiger charge is 2.60. The summed E-state index contributed by atoms with van der Waals surface area (Å²) < 4.78 is 0. The summed E-state index contributed by atoms with van der Waals surface area (Å²) >= 11 is 6.26. The maximum absolute atomic E-state index is 6.26. The van der Waals surface area contributed by atoms with Crippen molar-refractivity contribution in [2.24, 2.45) is 15.6 Å². The van der Waals surface area contributed by atoms with Gasteiger partial charge in [-0.15, -0.1) is 0 Å². The van der Waals surface area contributed by atoms with E-state index in [1.807, 2.05) is 24.3 Å². The molecule has 4 fully saturated rings. The Labute approximate surface area is 164 Å². The van der Waals surface area contributed by atoms with Gasteiger partial charge in [-0.25, -0.2) is 14.7 Å². The summed E-state index contributed by atoms with van der Waals surface area (Å²) in [4.78, 5) is 5.09. The second-order valence-corrected chi connectivity index (χ2v) is 8.58. The molecule has 0 aliphatic carbocycles. The molecule has 0 spiro atoms. The Balaban J connectivity index is 1.53. The summed E-state index contributed by atoms with van der Waals surface area (Å²) in [6.45, 7) is 7.22. The molecule has 4 aliphatic rings. The SMILES string of the molecule is Clc1ccccc1/C=N\N=C(\c1ccccc1)C12C[NH+]3C[NH+](C[NH+](C3)C1)C2. The van der Waals surface area contributed by atoms with Crippen molar-refractivity contribution in [2.45, 2.75) is 0 Å². The van der Waals surface area contributed by atoms with Crippen LogP contribution in [-0.4, -0.2) is 51.6 Å². The Morgan fingerprint density at radius 2 is 1.44 bits per heavy atom. The quantitative estimate of drug-likeness (QED) is 0.435. The van der Waals surface area contributed by atoms with Crippen LogP contribution in [0.2, 0.25) is 5.02 Å². The fourth-order valence-electron chi connectivity index (χ4n) is 5.29. The molecule has 4 bridgehead atoms. The number of hydrogen-bond acceptors (Lipinski definition) is 2. The monoisotopic (exact) mass is 382 g/mol. The molecule has 0 aromatic heterocycles. The first-order chi connectivity index (χ1) is 13.2. The molecule has 138 valence electrons. The highest BCUT2D eigenvalue weighted by molar-refractivity contribution is 6.33. The van der Waals surface area contributed by atoms with Crippen molar-refractivity contribution in [3.05, 3.63) is 70.7 Å². The highest BCUT2D eigenvalue weighted by Crippen LogP contribution is 2.23. The van der Waals surface area contributed by atoms with Crippen LogP contribution in [0, 0.1) is 5.41 Å². The molecule has 0 saturated carbocycles. The van der Waals surface area contributed by atoms with Crippen molar-refractivity contribution < 1.29 is 14.7 Å². The summed E-state index contributed by atoms with van der Waals surface area (Å²) in [5.74, 6) is 0. The lowest BCUT2D eigenvalue weighted by Gasteiger charge is -2.52. The van der Waals surface area contributed by atoms with Crippen LogP contribution in [0.5, 0.6) is 0 Å². The fraction of sp³-hybridized carbons (Fsp3) is 0.333. The molecule has 0 atom stereocenters. The molecule has 5 nitrogen and oxygen atoms in total. The summed E-state index contributed by atoms with van der Waals surface area (Å²) in [5.41, 5.74) is 3.34. The van der Waals surface area contributed by atoms with Crippen LogP contribution in [0.3, 0.4) is 0 Å². The van der Waals surface area contributed by atoms with E-state index < -0.39 is 0 Å². The van der Waals surface area contributed by atoms with Gasteiger partial charge in [0.2, 0.25) is 20.0 Å². The summed E-state index contributed by atoms with van der Waals surface area (Å²) in [6.07, 6.45) is 1.78. The lowest BCUT2D eigenvalue weighted by molar-refractivity contribution is -1.30. The Kier molecular flexibility index (Phi) is 4.32. The summed E-state index contributed by atoms with van der Waals surface area (Å²) in [5, 5.41) is 10.00. The van der Waals surface area contributed by atoms with Crippen LogP contribution in [0.4, 0.5) is 0 Å². The van der Waals surface area contributed by atoms with Gasteiger partial charge in [0.25, 0.3) is 0 Å². The van der Waals surface area contributed by atoms with Gasteiger partial charge in [0.15, 0.2) is 5.41 Å². The van der Waals surface area contributed by atoms with Gasteiger partial charge >= 0.3 is 0 Å². The molecule has 0 amide bonds. The normalized spacial score (nSPS) is 32.3. The lowest BCUT2D eigenvalue weighted by Crippen LogP contribution is -3.56. The van der Waals surface area contributed by atoms with Gasteiger partial charge in [-0.3, -0.25) is 0 Å². The molecule has 4 saturated heterocycles. The van der Waals surface area contributed by atoms with Crippen molar-refractivity contribution in [3.8, 4) is 0 Å². The van der Waals surface area contributed by atoms with Gasteiger partial charge in [-0.1, -0.05) is 60.1 Å². The molecule has 3 N–H and O–H groups in total. The number of halogens is 1. The first-order valence-electron chi connectivity index (χ1n) is 9.64. The number of benzene rings is 2. The zero-order valence-corrected chi connectivity index (χ0v) is 16.0. The molecular weight excluding hydrogens is 358 g/mol. The molecule has 4 aliphatic heterocycles. The van der Waals surface area contributed by atoms with E-state index >= 15 is 0 Å². The van der Waals surface area contributed by atoms with Gasteiger partial charge in [0.05, 0.1) is 11.9 Å². The highest BCUT2D eigenvalue weighted by atomic mass is 35.5.